The van der Waals surface area contributed by atoms with Gasteiger partial charge in [-0.3, -0.25) is 4.79 Å². The molecule has 7 nitrogen and oxygen atoms in total. The first-order chi connectivity index (χ1) is 14.8. The van der Waals surface area contributed by atoms with Gasteiger partial charge >= 0.3 is 0 Å². The average Bonchev–Trinajstić information content (AvgIpc) is 3.13. The second kappa shape index (κ2) is 6.95. The second-order valence-electron chi connectivity index (χ2n) is 8.22. The van der Waals surface area contributed by atoms with Crippen LogP contribution in [0, 0.1) is 5.82 Å². The Morgan fingerprint density at radius 2 is 1.97 bits per heavy atom. The normalized spacial score (nSPS) is 20.5. The number of anilines is 1. The maximum Gasteiger partial charge on any atom is 0.195 e. The minimum absolute atomic E-state index is 0.00864. The summed E-state index contributed by atoms with van der Waals surface area (Å²) in [5, 5.41) is 14.4. The minimum atomic E-state index is -0.735. The number of benzene rings is 2. The summed E-state index contributed by atoms with van der Waals surface area (Å²) in [5.74, 6) is -0.153. The molecular formula is C23H20FN5O2. The molecule has 1 aliphatic carbocycles. The molecular weight excluding hydrogens is 397 g/mol. The Hall–Kier alpha value is -3.65. The molecule has 0 amide bonds. The van der Waals surface area contributed by atoms with Gasteiger partial charge in [-0.25, -0.2) is 18.9 Å². The van der Waals surface area contributed by atoms with Crippen molar-refractivity contribution in [3.05, 3.63) is 77.6 Å². The van der Waals surface area contributed by atoms with Crippen LogP contribution in [0.15, 0.2) is 54.9 Å². The lowest BCUT2D eigenvalue weighted by molar-refractivity contribution is -0.0337. The maximum atomic E-state index is 15.0. The van der Waals surface area contributed by atoms with Gasteiger partial charge in [-0.15, -0.1) is 0 Å². The number of rotatable bonds is 4. The van der Waals surface area contributed by atoms with Crippen LogP contribution >= 0.6 is 0 Å². The summed E-state index contributed by atoms with van der Waals surface area (Å²) in [5.41, 5.74) is 7.16. The van der Waals surface area contributed by atoms with Gasteiger partial charge in [-0.05, 0) is 31.9 Å². The fourth-order valence-electron chi connectivity index (χ4n) is 4.22. The third-order valence-corrected chi connectivity index (χ3v) is 5.75. The highest BCUT2D eigenvalue weighted by molar-refractivity contribution is 6.09. The number of carbonyl (C=O) groups is 1. The Labute approximate surface area is 177 Å². The fraction of sp³-hybridized carbons (Fsp3) is 0.217. The van der Waals surface area contributed by atoms with Crippen molar-refractivity contribution >= 4 is 17.1 Å². The number of carbonyl (C=O) groups excluding carboxylic acids is 1. The summed E-state index contributed by atoms with van der Waals surface area (Å²) < 4.78 is 16.6. The van der Waals surface area contributed by atoms with Crippen LogP contribution in [-0.4, -0.2) is 36.1 Å². The fourth-order valence-corrected chi connectivity index (χ4v) is 4.22. The largest absolute Gasteiger partial charge is 0.390 e. The molecule has 0 spiro atoms. The van der Waals surface area contributed by atoms with Crippen LogP contribution in [0.25, 0.3) is 16.8 Å². The summed E-state index contributed by atoms with van der Waals surface area (Å²) in [6.07, 6.45) is 2.44. The molecule has 0 unspecified atom stereocenters. The number of halogens is 1. The van der Waals surface area contributed by atoms with Gasteiger partial charge in [0.25, 0.3) is 0 Å². The summed E-state index contributed by atoms with van der Waals surface area (Å²) in [7, 11) is 0. The summed E-state index contributed by atoms with van der Waals surface area (Å²) >= 11 is 0. The molecule has 2 aromatic carbocycles. The Bertz CT molecular complexity index is 1310. The lowest BCUT2D eigenvalue weighted by Gasteiger charge is -2.39. The van der Waals surface area contributed by atoms with Crippen molar-refractivity contribution in [2.75, 3.05) is 5.73 Å². The van der Waals surface area contributed by atoms with Crippen LogP contribution in [0.5, 0.6) is 0 Å². The number of hydrogen-bond acceptors (Lipinski definition) is 6. The van der Waals surface area contributed by atoms with E-state index in [1.165, 1.54) is 18.5 Å². The first-order valence-electron chi connectivity index (χ1n) is 9.95. The Morgan fingerprint density at radius 1 is 1.23 bits per heavy atom. The number of nitrogens with zero attached hydrogens (tertiary/aromatic N) is 4. The quantitative estimate of drug-likeness (QED) is 0.493. The molecule has 0 saturated heterocycles. The van der Waals surface area contributed by atoms with Crippen LogP contribution in [0.3, 0.4) is 0 Å². The summed E-state index contributed by atoms with van der Waals surface area (Å²) in [6.45, 7) is 1.78. The van der Waals surface area contributed by atoms with Crippen molar-refractivity contribution in [3.63, 3.8) is 0 Å². The highest BCUT2D eigenvalue weighted by Crippen LogP contribution is 2.45. The first-order valence-corrected chi connectivity index (χ1v) is 9.95. The molecule has 3 N–H and O–H groups in total. The van der Waals surface area contributed by atoms with Gasteiger partial charge in [0, 0.05) is 17.0 Å². The van der Waals surface area contributed by atoms with E-state index in [9.17, 15) is 14.3 Å². The number of fused-ring (bicyclic) bond motifs is 1. The van der Waals surface area contributed by atoms with Gasteiger partial charge in [-0.2, -0.15) is 5.10 Å². The number of hydrogen-bond donors (Lipinski definition) is 2. The molecule has 1 aliphatic rings. The summed E-state index contributed by atoms with van der Waals surface area (Å²) in [4.78, 5) is 21.4. The third kappa shape index (κ3) is 3.25. The number of ketones is 1. The van der Waals surface area contributed by atoms with Crippen LogP contribution in [0.4, 0.5) is 10.2 Å². The van der Waals surface area contributed by atoms with Gasteiger partial charge in [0.2, 0.25) is 0 Å². The molecule has 31 heavy (non-hydrogen) atoms. The Kier molecular flexibility index (Phi) is 4.33. The molecule has 5 rings (SSSR count). The summed E-state index contributed by atoms with van der Waals surface area (Å²) in [6, 6.07) is 13.0. The van der Waals surface area contributed by atoms with Crippen LogP contribution in [0.2, 0.25) is 0 Å². The highest BCUT2D eigenvalue weighted by Gasteiger charge is 2.42. The van der Waals surface area contributed by atoms with Crippen molar-refractivity contribution in [2.24, 2.45) is 0 Å². The molecule has 156 valence electrons. The SMILES string of the molecule is C[C@]1(O)C[C@@H](c2nc(-c3ccc(C(=O)c4ccccc4)c(F)c3)c3c(N)ncnn32)C1. The van der Waals surface area contributed by atoms with Gasteiger partial charge < -0.3 is 10.8 Å². The number of aliphatic hydroxyl groups is 1. The molecule has 1 saturated carbocycles. The van der Waals surface area contributed by atoms with E-state index in [1.807, 2.05) is 0 Å². The Balaban J connectivity index is 1.58. The lowest BCUT2D eigenvalue weighted by Crippen LogP contribution is -2.40. The highest BCUT2D eigenvalue weighted by atomic mass is 19.1. The van der Waals surface area contributed by atoms with Gasteiger partial charge in [0.15, 0.2) is 11.6 Å². The third-order valence-electron chi connectivity index (χ3n) is 5.75. The monoisotopic (exact) mass is 417 g/mol. The number of imidazole rings is 1. The molecule has 8 heteroatoms. The molecule has 0 bridgehead atoms. The predicted molar refractivity (Wildman–Crippen MR) is 113 cm³/mol. The molecule has 4 aromatic rings. The first kappa shape index (κ1) is 19.3. The van der Waals surface area contributed by atoms with E-state index in [0.717, 1.165) is 0 Å². The zero-order valence-corrected chi connectivity index (χ0v) is 16.8. The number of nitrogen functional groups attached to an aromatic ring is 1. The van der Waals surface area contributed by atoms with E-state index < -0.39 is 11.4 Å². The van der Waals surface area contributed by atoms with Crippen molar-refractivity contribution in [1.82, 2.24) is 19.6 Å². The van der Waals surface area contributed by atoms with Crippen molar-refractivity contribution in [1.29, 1.82) is 0 Å². The van der Waals surface area contributed by atoms with E-state index in [4.69, 9.17) is 10.7 Å². The molecule has 1 fully saturated rings. The van der Waals surface area contributed by atoms with Crippen LogP contribution in [0.1, 0.15) is 47.4 Å². The van der Waals surface area contributed by atoms with E-state index in [1.54, 1.807) is 47.8 Å². The van der Waals surface area contributed by atoms with Crippen molar-refractivity contribution in [2.45, 2.75) is 31.3 Å². The molecule has 2 aromatic heterocycles. The van der Waals surface area contributed by atoms with E-state index in [0.29, 0.717) is 41.0 Å². The zero-order valence-electron chi connectivity index (χ0n) is 16.8. The predicted octanol–water partition coefficient (Wildman–Crippen LogP) is 3.37. The topological polar surface area (TPSA) is 106 Å². The van der Waals surface area contributed by atoms with Crippen molar-refractivity contribution < 1.29 is 14.3 Å². The maximum absolute atomic E-state index is 15.0. The second-order valence-corrected chi connectivity index (χ2v) is 8.22. The smallest absolute Gasteiger partial charge is 0.195 e. The Morgan fingerprint density at radius 3 is 2.65 bits per heavy atom. The minimum Gasteiger partial charge on any atom is -0.390 e. The lowest BCUT2D eigenvalue weighted by atomic mass is 9.72. The van der Waals surface area contributed by atoms with Gasteiger partial charge in [-0.1, -0.05) is 36.4 Å². The number of aromatic nitrogens is 4. The van der Waals surface area contributed by atoms with Gasteiger partial charge in [0.1, 0.15) is 29.2 Å². The van der Waals surface area contributed by atoms with Crippen LogP contribution < -0.4 is 5.73 Å². The molecule has 0 aliphatic heterocycles. The average molecular weight is 417 g/mol. The standard InChI is InChI=1S/C23H20FN5O2/c1-23(31)10-15(11-23)22-28-18(19-21(25)26-12-27-29(19)22)14-7-8-16(17(24)9-14)20(30)13-5-3-2-4-6-13/h2-9,12,15,31H,10-11H2,1H3,(H2,25,26,27)/t15-,23+. The van der Waals surface area contributed by atoms with E-state index in [2.05, 4.69) is 10.1 Å². The zero-order chi connectivity index (χ0) is 21.8. The molecule has 0 atom stereocenters. The van der Waals surface area contributed by atoms with E-state index in [-0.39, 0.29) is 23.1 Å². The molecule has 2 heterocycles. The van der Waals surface area contributed by atoms with Crippen LogP contribution in [-0.2, 0) is 0 Å². The molecule has 0 radical (unpaired) electrons. The van der Waals surface area contributed by atoms with Gasteiger partial charge in [0.05, 0.1) is 11.2 Å². The van der Waals surface area contributed by atoms with E-state index >= 15 is 0 Å². The van der Waals surface area contributed by atoms with Crippen molar-refractivity contribution in [3.8, 4) is 11.3 Å². The number of nitrogens with two attached hydrogens (primary N) is 1.